The maximum Gasteiger partial charge on any atom is 0.244 e. The molecule has 5 heteroatoms. The first kappa shape index (κ1) is 18.2. The molecule has 2 heterocycles. The maximum atomic E-state index is 13.7. The summed E-state index contributed by atoms with van der Waals surface area (Å²) in [6, 6.07) is 25.0. The third-order valence-electron chi connectivity index (χ3n) is 5.68. The van der Waals surface area contributed by atoms with E-state index in [1.807, 2.05) is 73.8 Å². The summed E-state index contributed by atoms with van der Waals surface area (Å²) in [4.78, 5) is 0.342. The molecule has 1 aromatic heterocycles. The van der Waals surface area contributed by atoms with E-state index in [2.05, 4.69) is 10.6 Å². The van der Waals surface area contributed by atoms with Crippen molar-refractivity contribution in [1.82, 2.24) is 8.87 Å². The van der Waals surface area contributed by atoms with Crippen molar-refractivity contribution in [3.63, 3.8) is 0 Å². The summed E-state index contributed by atoms with van der Waals surface area (Å²) in [6.07, 6.45) is 2.03. The van der Waals surface area contributed by atoms with Gasteiger partial charge in [-0.3, -0.25) is 0 Å². The van der Waals surface area contributed by atoms with Gasteiger partial charge in [-0.1, -0.05) is 60.2 Å². The highest BCUT2D eigenvalue weighted by Gasteiger charge is 2.37. The summed E-state index contributed by atoms with van der Waals surface area (Å²) in [5.74, 6) is 0. The fourth-order valence-corrected chi connectivity index (χ4v) is 5.88. The van der Waals surface area contributed by atoms with Crippen LogP contribution in [0.5, 0.6) is 0 Å². The van der Waals surface area contributed by atoms with Gasteiger partial charge in [0.15, 0.2) is 0 Å². The van der Waals surface area contributed by atoms with Crippen LogP contribution in [0.25, 0.3) is 10.8 Å². The van der Waals surface area contributed by atoms with Gasteiger partial charge in [-0.2, -0.15) is 4.31 Å². The SMILES string of the molecule is Cc1cccc(C2c3cccn3CCN2S(=O)(=O)c2ccc3ccccc3c2)c1. The molecule has 1 unspecified atom stereocenters. The van der Waals surface area contributed by atoms with E-state index in [1.165, 1.54) is 0 Å². The smallest absolute Gasteiger partial charge is 0.244 e. The lowest BCUT2D eigenvalue weighted by Gasteiger charge is -2.36. The summed E-state index contributed by atoms with van der Waals surface area (Å²) < 4.78 is 31.3. The van der Waals surface area contributed by atoms with Crippen LogP contribution >= 0.6 is 0 Å². The average molecular weight is 403 g/mol. The normalized spacial score (nSPS) is 17.3. The van der Waals surface area contributed by atoms with Gasteiger partial charge in [-0.25, -0.2) is 8.42 Å². The molecular formula is C24H22N2O2S. The molecule has 4 aromatic rings. The maximum absolute atomic E-state index is 13.7. The van der Waals surface area contributed by atoms with E-state index >= 15 is 0 Å². The molecule has 0 saturated heterocycles. The Labute approximate surface area is 171 Å². The minimum absolute atomic E-state index is 0.338. The van der Waals surface area contributed by atoms with Crippen LogP contribution in [0.2, 0.25) is 0 Å². The third kappa shape index (κ3) is 3.07. The zero-order chi connectivity index (χ0) is 20.0. The molecule has 0 N–H and O–H groups in total. The summed E-state index contributed by atoms with van der Waals surface area (Å²) in [7, 11) is -3.66. The zero-order valence-corrected chi connectivity index (χ0v) is 17.0. The molecule has 5 rings (SSSR count). The number of fused-ring (bicyclic) bond motifs is 2. The van der Waals surface area contributed by atoms with Crippen molar-refractivity contribution in [2.45, 2.75) is 24.4 Å². The Bertz CT molecular complexity index is 1310. The van der Waals surface area contributed by atoms with Crippen LogP contribution in [0.1, 0.15) is 22.9 Å². The minimum atomic E-state index is -3.66. The van der Waals surface area contributed by atoms with Gasteiger partial charge in [0.1, 0.15) is 0 Å². The van der Waals surface area contributed by atoms with Crippen molar-refractivity contribution >= 4 is 20.8 Å². The zero-order valence-electron chi connectivity index (χ0n) is 16.2. The van der Waals surface area contributed by atoms with E-state index in [1.54, 1.807) is 16.4 Å². The molecule has 29 heavy (non-hydrogen) atoms. The number of hydrogen-bond acceptors (Lipinski definition) is 2. The number of rotatable bonds is 3. The van der Waals surface area contributed by atoms with Crippen LogP contribution in [0.4, 0.5) is 0 Å². The van der Waals surface area contributed by atoms with Crippen molar-refractivity contribution in [1.29, 1.82) is 0 Å². The van der Waals surface area contributed by atoms with Gasteiger partial charge in [0.2, 0.25) is 10.0 Å². The minimum Gasteiger partial charge on any atom is -0.348 e. The van der Waals surface area contributed by atoms with Gasteiger partial charge >= 0.3 is 0 Å². The molecule has 0 aliphatic carbocycles. The molecule has 1 aliphatic rings. The van der Waals surface area contributed by atoms with Crippen molar-refractivity contribution in [2.24, 2.45) is 0 Å². The van der Waals surface area contributed by atoms with Crippen LogP contribution in [-0.2, 0) is 16.6 Å². The number of benzene rings is 3. The van der Waals surface area contributed by atoms with E-state index in [4.69, 9.17) is 0 Å². The molecular weight excluding hydrogens is 380 g/mol. The van der Waals surface area contributed by atoms with Crippen LogP contribution in [0, 0.1) is 6.92 Å². The topological polar surface area (TPSA) is 42.3 Å². The Morgan fingerprint density at radius 2 is 1.66 bits per heavy atom. The lowest BCUT2D eigenvalue weighted by atomic mass is 10.0. The predicted octanol–water partition coefficient (Wildman–Crippen LogP) is 4.74. The highest BCUT2D eigenvalue weighted by molar-refractivity contribution is 7.89. The molecule has 0 saturated carbocycles. The van der Waals surface area contributed by atoms with E-state index in [9.17, 15) is 8.42 Å². The first-order valence-corrected chi connectivity index (χ1v) is 11.2. The number of aryl methyl sites for hydroxylation is 1. The highest BCUT2D eigenvalue weighted by atomic mass is 32.2. The summed E-state index contributed by atoms with van der Waals surface area (Å²) in [5.41, 5.74) is 3.12. The number of nitrogens with zero attached hydrogens (tertiary/aromatic N) is 2. The number of aromatic nitrogens is 1. The standard InChI is InChI=1S/C24H22N2O2S/c1-18-6-4-9-21(16-18)24-23-10-5-13-25(23)14-15-26(24)29(27,28)22-12-11-19-7-2-3-8-20(19)17-22/h2-13,16-17,24H,14-15H2,1H3. The molecule has 0 amide bonds. The Hall–Kier alpha value is -2.89. The van der Waals surface area contributed by atoms with E-state index in [-0.39, 0.29) is 6.04 Å². The first-order chi connectivity index (χ1) is 14.0. The predicted molar refractivity (Wildman–Crippen MR) is 115 cm³/mol. The fourth-order valence-electron chi connectivity index (χ4n) is 4.26. The van der Waals surface area contributed by atoms with Crippen molar-refractivity contribution < 1.29 is 8.42 Å². The summed E-state index contributed by atoms with van der Waals surface area (Å²) >= 11 is 0. The largest absolute Gasteiger partial charge is 0.348 e. The van der Waals surface area contributed by atoms with Gasteiger partial charge in [0.05, 0.1) is 10.9 Å². The molecule has 3 aromatic carbocycles. The van der Waals surface area contributed by atoms with Crippen molar-refractivity contribution in [3.8, 4) is 0 Å². The van der Waals surface area contributed by atoms with Crippen molar-refractivity contribution in [2.75, 3.05) is 6.54 Å². The monoisotopic (exact) mass is 402 g/mol. The van der Waals surface area contributed by atoms with Crippen LogP contribution in [0.3, 0.4) is 0 Å². The Morgan fingerprint density at radius 3 is 2.48 bits per heavy atom. The summed E-state index contributed by atoms with van der Waals surface area (Å²) in [6.45, 7) is 3.13. The van der Waals surface area contributed by atoms with Gasteiger partial charge in [-0.05, 0) is 47.5 Å². The van der Waals surface area contributed by atoms with Gasteiger partial charge < -0.3 is 4.57 Å². The molecule has 1 aliphatic heterocycles. The van der Waals surface area contributed by atoms with Crippen molar-refractivity contribution in [3.05, 3.63) is 102 Å². The van der Waals surface area contributed by atoms with E-state index in [0.717, 1.165) is 27.6 Å². The average Bonchev–Trinajstić information content (AvgIpc) is 3.21. The lowest BCUT2D eigenvalue weighted by molar-refractivity contribution is 0.298. The second-order valence-corrected chi connectivity index (χ2v) is 9.46. The number of sulfonamides is 1. The molecule has 0 bridgehead atoms. The van der Waals surface area contributed by atoms with E-state index < -0.39 is 10.0 Å². The van der Waals surface area contributed by atoms with Gasteiger partial charge in [0, 0.05) is 25.0 Å². The number of hydrogen-bond donors (Lipinski definition) is 0. The van der Waals surface area contributed by atoms with Gasteiger partial charge in [0.25, 0.3) is 0 Å². The molecule has 0 spiro atoms. The van der Waals surface area contributed by atoms with Gasteiger partial charge in [-0.15, -0.1) is 0 Å². The highest BCUT2D eigenvalue weighted by Crippen LogP contribution is 2.37. The Kier molecular flexibility index (Phi) is 4.30. The van der Waals surface area contributed by atoms with Crippen LogP contribution < -0.4 is 0 Å². The van der Waals surface area contributed by atoms with Crippen LogP contribution in [-0.4, -0.2) is 23.8 Å². The molecule has 0 radical (unpaired) electrons. The first-order valence-electron chi connectivity index (χ1n) is 9.76. The molecule has 0 fully saturated rings. The lowest BCUT2D eigenvalue weighted by Crippen LogP contribution is -2.42. The second-order valence-electron chi connectivity index (χ2n) is 7.57. The second kappa shape index (κ2) is 6.87. The van der Waals surface area contributed by atoms with Crippen LogP contribution in [0.15, 0.2) is 90.0 Å². The van der Waals surface area contributed by atoms with E-state index in [0.29, 0.717) is 18.0 Å². The fraction of sp³-hybridized carbons (Fsp3) is 0.167. The summed E-state index contributed by atoms with van der Waals surface area (Å²) in [5, 5.41) is 1.97. The third-order valence-corrected chi connectivity index (χ3v) is 7.54. The quantitative estimate of drug-likeness (QED) is 0.497. The molecule has 1 atom stereocenters. The Morgan fingerprint density at radius 1 is 0.828 bits per heavy atom. The Balaban J connectivity index is 1.65. The molecule has 4 nitrogen and oxygen atoms in total. The molecule has 146 valence electrons.